The van der Waals surface area contributed by atoms with Crippen LogP contribution in [0.4, 0.5) is 4.79 Å². The molecule has 2 atom stereocenters. The van der Waals surface area contributed by atoms with Crippen molar-refractivity contribution in [2.75, 3.05) is 13.2 Å². The molecule has 1 amide bonds. The highest BCUT2D eigenvalue weighted by Crippen LogP contribution is 2.44. The van der Waals surface area contributed by atoms with Crippen LogP contribution in [0, 0.1) is 0 Å². The van der Waals surface area contributed by atoms with E-state index in [1.165, 1.54) is 0 Å². The molecule has 0 saturated carbocycles. The van der Waals surface area contributed by atoms with E-state index in [0.29, 0.717) is 0 Å². The van der Waals surface area contributed by atoms with Gasteiger partial charge in [-0.25, -0.2) is 9.59 Å². The molecule has 2 aromatic rings. The number of carboxylic acids is 1. The maximum Gasteiger partial charge on any atom is 0.407 e. The van der Waals surface area contributed by atoms with Crippen LogP contribution in [-0.4, -0.2) is 52.7 Å². The van der Waals surface area contributed by atoms with Crippen molar-refractivity contribution >= 4 is 12.1 Å². The second-order valence-corrected chi connectivity index (χ2v) is 6.04. The highest BCUT2D eigenvalue weighted by molar-refractivity contribution is 5.81. The lowest BCUT2D eigenvalue weighted by molar-refractivity contribution is -0.143. The zero-order valence-corrected chi connectivity index (χ0v) is 13.8. The van der Waals surface area contributed by atoms with E-state index in [2.05, 4.69) is 5.32 Å². The number of hydrogen-bond donors (Lipinski definition) is 4. The fourth-order valence-electron chi connectivity index (χ4n) is 3.19. The van der Waals surface area contributed by atoms with Crippen LogP contribution in [0.2, 0.25) is 0 Å². The number of alkyl carbamates (subject to hydrolysis) is 1. The summed E-state index contributed by atoms with van der Waals surface area (Å²) < 4.78 is 5.21. The summed E-state index contributed by atoms with van der Waals surface area (Å²) >= 11 is 0. The molecule has 136 valence electrons. The summed E-state index contributed by atoms with van der Waals surface area (Å²) in [6.45, 7) is -0.762. The number of nitrogens with one attached hydrogen (secondary N) is 1. The smallest absolute Gasteiger partial charge is 0.407 e. The molecule has 0 radical (unpaired) electrons. The number of ether oxygens (including phenoxy) is 1. The zero-order chi connectivity index (χ0) is 18.7. The monoisotopic (exact) mass is 357 g/mol. The molecule has 0 saturated heterocycles. The summed E-state index contributed by atoms with van der Waals surface area (Å²) in [5.41, 5.74) is 4.23. The van der Waals surface area contributed by atoms with E-state index < -0.39 is 30.8 Å². The van der Waals surface area contributed by atoms with Crippen LogP contribution in [0.15, 0.2) is 48.5 Å². The highest BCUT2D eigenvalue weighted by atomic mass is 16.5. The number of amides is 1. The molecule has 0 aromatic heterocycles. The Kier molecular flexibility index (Phi) is 5.20. The lowest BCUT2D eigenvalue weighted by Gasteiger charge is -2.19. The molecule has 1 aliphatic rings. The van der Waals surface area contributed by atoms with Gasteiger partial charge in [-0.2, -0.15) is 0 Å². The number of aliphatic carboxylic acids is 1. The first-order valence-electron chi connectivity index (χ1n) is 8.16. The zero-order valence-electron chi connectivity index (χ0n) is 13.8. The molecule has 26 heavy (non-hydrogen) atoms. The van der Waals surface area contributed by atoms with Gasteiger partial charge in [0.1, 0.15) is 12.7 Å². The molecule has 0 bridgehead atoms. The number of aliphatic hydroxyl groups is 2. The van der Waals surface area contributed by atoms with Crippen molar-refractivity contribution in [3.8, 4) is 11.1 Å². The fraction of sp³-hybridized carbons (Fsp3) is 0.263. The largest absolute Gasteiger partial charge is 0.480 e. The van der Waals surface area contributed by atoms with Crippen LogP contribution in [0.1, 0.15) is 17.0 Å². The Hall–Kier alpha value is -2.90. The maximum atomic E-state index is 12.0. The Morgan fingerprint density at radius 1 is 1.04 bits per heavy atom. The maximum absolute atomic E-state index is 12.0. The van der Waals surface area contributed by atoms with Crippen LogP contribution in [0.3, 0.4) is 0 Å². The van der Waals surface area contributed by atoms with Gasteiger partial charge in [-0.3, -0.25) is 0 Å². The number of rotatable bonds is 6. The van der Waals surface area contributed by atoms with Gasteiger partial charge in [-0.1, -0.05) is 48.5 Å². The number of carbonyl (C=O) groups excluding carboxylic acids is 1. The van der Waals surface area contributed by atoms with E-state index >= 15 is 0 Å². The third-order valence-corrected chi connectivity index (χ3v) is 4.45. The normalized spacial score (nSPS) is 14.8. The summed E-state index contributed by atoms with van der Waals surface area (Å²) in [7, 11) is 0. The summed E-state index contributed by atoms with van der Waals surface area (Å²) in [6.07, 6.45) is -2.58. The first-order chi connectivity index (χ1) is 12.5. The van der Waals surface area contributed by atoms with E-state index in [1.54, 1.807) is 0 Å². The molecule has 4 N–H and O–H groups in total. The summed E-state index contributed by atoms with van der Waals surface area (Å²) in [6, 6.07) is 14.0. The summed E-state index contributed by atoms with van der Waals surface area (Å²) in [5.74, 6) is -1.61. The van der Waals surface area contributed by atoms with Crippen molar-refractivity contribution < 1.29 is 29.6 Å². The molecule has 0 aliphatic heterocycles. The van der Waals surface area contributed by atoms with Gasteiger partial charge in [0, 0.05) is 5.92 Å². The molecular weight excluding hydrogens is 338 g/mol. The third-order valence-electron chi connectivity index (χ3n) is 4.45. The van der Waals surface area contributed by atoms with Crippen LogP contribution in [-0.2, 0) is 9.53 Å². The SMILES string of the molecule is O=C(NC(C(=O)O)[C@H](O)CO)OCC1c2ccccc2-c2ccccc21. The molecule has 0 fully saturated rings. The lowest BCUT2D eigenvalue weighted by Crippen LogP contribution is -2.50. The Bertz CT molecular complexity index is 776. The molecular formula is C19H19NO6. The van der Waals surface area contributed by atoms with Crippen molar-refractivity contribution in [1.82, 2.24) is 5.32 Å². The molecule has 2 aromatic carbocycles. The predicted octanol–water partition coefficient (Wildman–Crippen LogP) is 1.33. The average Bonchev–Trinajstić information content (AvgIpc) is 2.97. The first-order valence-corrected chi connectivity index (χ1v) is 8.16. The predicted molar refractivity (Wildman–Crippen MR) is 92.7 cm³/mol. The van der Waals surface area contributed by atoms with Crippen molar-refractivity contribution in [3.63, 3.8) is 0 Å². The number of carboxylic acid groups (broad SMARTS) is 1. The van der Waals surface area contributed by atoms with Gasteiger partial charge < -0.3 is 25.4 Å². The second-order valence-electron chi connectivity index (χ2n) is 6.04. The van der Waals surface area contributed by atoms with Gasteiger partial charge in [0.2, 0.25) is 0 Å². The standard InChI is InChI=1S/C19H19NO6/c21-9-16(22)17(18(23)24)20-19(25)26-10-15-13-7-3-1-5-11(13)12-6-2-4-8-14(12)15/h1-8,15-17,21-22H,9-10H2,(H,20,25)(H,23,24)/t16-,17?/m1/s1. The Morgan fingerprint density at radius 3 is 2.08 bits per heavy atom. The van der Waals surface area contributed by atoms with Gasteiger partial charge in [0.25, 0.3) is 0 Å². The van der Waals surface area contributed by atoms with Gasteiger partial charge in [-0.05, 0) is 22.3 Å². The van der Waals surface area contributed by atoms with Gasteiger partial charge >= 0.3 is 12.1 Å². The van der Waals surface area contributed by atoms with Crippen molar-refractivity contribution in [1.29, 1.82) is 0 Å². The fourth-order valence-corrected chi connectivity index (χ4v) is 3.19. The van der Waals surface area contributed by atoms with E-state index in [9.17, 15) is 14.7 Å². The van der Waals surface area contributed by atoms with Crippen molar-refractivity contribution in [2.45, 2.75) is 18.1 Å². The number of aliphatic hydroxyl groups excluding tert-OH is 2. The van der Waals surface area contributed by atoms with E-state index in [-0.39, 0.29) is 12.5 Å². The van der Waals surface area contributed by atoms with Crippen LogP contribution in [0.25, 0.3) is 11.1 Å². The third kappa shape index (κ3) is 3.40. The number of fused-ring (bicyclic) bond motifs is 3. The van der Waals surface area contributed by atoms with Gasteiger partial charge in [0.15, 0.2) is 6.04 Å². The number of hydrogen-bond acceptors (Lipinski definition) is 5. The topological polar surface area (TPSA) is 116 Å². The minimum absolute atomic E-state index is 0.0292. The van der Waals surface area contributed by atoms with Crippen LogP contribution >= 0.6 is 0 Å². The minimum atomic E-state index is -1.64. The Balaban J connectivity index is 1.72. The Labute approximate surface area is 149 Å². The van der Waals surface area contributed by atoms with E-state index in [4.69, 9.17) is 14.9 Å². The molecule has 3 rings (SSSR count). The minimum Gasteiger partial charge on any atom is -0.480 e. The molecule has 0 heterocycles. The quantitative estimate of drug-likeness (QED) is 0.620. The van der Waals surface area contributed by atoms with Gasteiger partial charge in [0.05, 0.1) is 6.61 Å². The van der Waals surface area contributed by atoms with Crippen molar-refractivity contribution in [2.24, 2.45) is 0 Å². The second kappa shape index (κ2) is 7.55. The molecule has 7 nitrogen and oxygen atoms in total. The molecule has 7 heteroatoms. The first kappa shape index (κ1) is 17.9. The molecule has 1 aliphatic carbocycles. The van der Waals surface area contributed by atoms with Gasteiger partial charge in [-0.15, -0.1) is 0 Å². The molecule has 1 unspecified atom stereocenters. The average molecular weight is 357 g/mol. The highest BCUT2D eigenvalue weighted by Gasteiger charge is 2.31. The van der Waals surface area contributed by atoms with Crippen LogP contribution < -0.4 is 5.32 Å². The summed E-state index contributed by atoms with van der Waals surface area (Å²) in [4.78, 5) is 23.1. The van der Waals surface area contributed by atoms with Crippen LogP contribution in [0.5, 0.6) is 0 Å². The lowest BCUT2D eigenvalue weighted by atomic mass is 9.98. The number of benzene rings is 2. The molecule has 0 spiro atoms. The number of carbonyl (C=O) groups is 2. The van der Waals surface area contributed by atoms with Crippen molar-refractivity contribution in [3.05, 3.63) is 59.7 Å². The summed E-state index contributed by atoms with van der Waals surface area (Å²) in [5, 5.41) is 29.4. The van der Waals surface area contributed by atoms with E-state index in [1.807, 2.05) is 48.5 Å². The Morgan fingerprint density at radius 2 is 1.58 bits per heavy atom. The van der Waals surface area contributed by atoms with E-state index in [0.717, 1.165) is 22.3 Å².